The zero-order valence-electron chi connectivity index (χ0n) is 10.1. The van der Waals surface area contributed by atoms with Crippen LogP contribution >= 0.6 is 0 Å². The first-order valence-corrected chi connectivity index (χ1v) is 6.84. The van der Waals surface area contributed by atoms with Gasteiger partial charge in [0.25, 0.3) is 5.69 Å². The van der Waals surface area contributed by atoms with Crippen LogP contribution in [0.15, 0.2) is 53.4 Å². The average Bonchev–Trinajstić information content (AvgIpc) is 2.39. The normalized spacial score (nSPS) is 11.0. The molecule has 2 aromatic carbocycles. The predicted molar refractivity (Wildman–Crippen MR) is 71.8 cm³/mol. The van der Waals surface area contributed by atoms with Crippen molar-refractivity contribution in [2.45, 2.75) is 4.90 Å². The molecule has 2 rings (SSSR count). The van der Waals surface area contributed by atoms with Crippen LogP contribution in [-0.4, -0.2) is 13.3 Å². The molecule has 2 N–H and O–H groups in total. The molecule has 0 aromatic heterocycles. The van der Waals surface area contributed by atoms with Crippen LogP contribution in [-0.2, 0) is 10.1 Å². The molecule has 0 aliphatic carbocycles. The Labute approximate surface area is 114 Å². The third-order valence-electron chi connectivity index (χ3n) is 2.42. The fourth-order valence-electron chi connectivity index (χ4n) is 1.43. The van der Waals surface area contributed by atoms with Crippen molar-refractivity contribution in [3.05, 3.63) is 58.6 Å². The zero-order chi connectivity index (χ0) is 14.8. The lowest BCUT2D eigenvalue weighted by Gasteiger charge is -2.06. The van der Waals surface area contributed by atoms with Crippen molar-refractivity contribution < 1.29 is 17.5 Å². The molecule has 0 heterocycles. The Morgan fingerprint density at radius 1 is 1.00 bits per heavy atom. The van der Waals surface area contributed by atoms with Crippen molar-refractivity contribution in [1.82, 2.24) is 0 Å². The molecule has 0 bridgehead atoms. The van der Waals surface area contributed by atoms with Crippen LogP contribution in [0.2, 0.25) is 0 Å². The van der Waals surface area contributed by atoms with Gasteiger partial charge >= 0.3 is 10.1 Å². The Hall–Kier alpha value is -2.61. The van der Waals surface area contributed by atoms with Crippen LogP contribution in [0.25, 0.3) is 0 Å². The van der Waals surface area contributed by atoms with E-state index in [1.807, 2.05) is 0 Å². The molecule has 0 atom stereocenters. The number of nitro groups is 1. The van der Waals surface area contributed by atoms with E-state index in [1.54, 1.807) is 0 Å². The summed E-state index contributed by atoms with van der Waals surface area (Å²) >= 11 is 0. The number of nitrogens with zero attached hydrogens (tertiary/aromatic N) is 1. The summed E-state index contributed by atoms with van der Waals surface area (Å²) in [4.78, 5) is 9.85. The topological polar surface area (TPSA) is 113 Å². The highest BCUT2D eigenvalue weighted by molar-refractivity contribution is 7.87. The molecule has 0 amide bonds. The molecule has 0 aliphatic rings. The largest absolute Gasteiger partial charge is 0.399 e. The van der Waals surface area contributed by atoms with Gasteiger partial charge in [-0.25, -0.2) is 0 Å². The smallest absolute Gasteiger partial charge is 0.339 e. The number of nitrogen functional groups attached to an aromatic ring is 1. The molecule has 7 nitrogen and oxygen atoms in total. The molecule has 104 valence electrons. The van der Waals surface area contributed by atoms with Gasteiger partial charge in [-0.2, -0.15) is 8.42 Å². The summed E-state index contributed by atoms with van der Waals surface area (Å²) in [6.07, 6.45) is 0. The van der Waals surface area contributed by atoms with Crippen molar-refractivity contribution in [3.8, 4) is 5.75 Å². The second-order valence-corrected chi connectivity index (χ2v) is 5.40. The number of hydrogen-bond acceptors (Lipinski definition) is 6. The zero-order valence-corrected chi connectivity index (χ0v) is 10.9. The quantitative estimate of drug-likeness (QED) is 0.399. The molecule has 0 radical (unpaired) electrons. The molecule has 0 fully saturated rings. The van der Waals surface area contributed by atoms with Crippen molar-refractivity contribution >= 4 is 21.5 Å². The molecular weight excluding hydrogens is 284 g/mol. The second-order valence-electron chi connectivity index (χ2n) is 3.86. The molecule has 0 unspecified atom stereocenters. The number of nitro benzene ring substituents is 1. The van der Waals surface area contributed by atoms with Crippen molar-refractivity contribution in [2.24, 2.45) is 0 Å². The van der Waals surface area contributed by atoms with Crippen LogP contribution in [0, 0.1) is 10.1 Å². The van der Waals surface area contributed by atoms with Gasteiger partial charge in [0.2, 0.25) is 0 Å². The molecule has 2 aromatic rings. The van der Waals surface area contributed by atoms with Gasteiger partial charge in [-0.15, -0.1) is 0 Å². The lowest BCUT2D eigenvalue weighted by Crippen LogP contribution is -2.09. The summed E-state index contributed by atoms with van der Waals surface area (Å²) in [6.45, 7) is 0. The highest BCUT2D eigenvalue weighted by Gasteiger charge is 2.17. The minimum Gasteiger partial charge on any atom is -0.399 e. The predicted octanol–water partition coefficient (Wildman–Crippen LogP) is 1.94. The molecule has 0 saturated carbocycles. The average molecular weight is 294 g/mol. The lowest BCUT2D eigenvalue weighted by atomic mass is 10.3. The molecule has 0 saturated heterocycles. The Kier molecular flexibility index (Phi) is 3.57. The summed E-state index contributed by atoms with van der Waals surface area (Å²) in [6, 6.07) is 10.3. The van der Waals surface area contributed by atoms with Crippen molar-refractivity contribution in [2.75, 3.05) is 5.73 Å². The third-order valence-corrected chi connectivity index (χ3v) is 3.68. The van der Waals surface area contributed by atoms with Crippen LogP contribution < -0.4 is 9.92 Å². The molecular formula is C12H10N2O5S. The minimum absolute atomic E-state index is 0.00701. The fraction of sp³-hybridized carbons (Fsp3) is 0. The maximum atomic E-state index is 11.9. The monoisotopic (exact) mass is 294 g/mol. The second kappa shape index (κ2) is 5.17. The highest BCUT2D eigenvalue weighted by atomic mass is 32.2. The van der Waals surface area contributed by atoms with Crippen LogP contribution in [0.5, 0.6) is 5.75 Å². The molecule has 0 spiro atoms. The maximum absolute atomic E-state index is 11.9. The maximum Gasteiger partial charge on any atom is 0.339 e. The first kappa shape index (κ1) is 13.8. The first-order chi connectivity index (χ1) is 9.38. The number of benzene rings is 2. The van der Waals surface area contributed by atoms with Gasteiger partial charge < -0.3 is 9.92 Å². The van der Waals surface area contributed by atoms with Crippen LogP contribution in [0.4, 0.5) is 11.4 Å². The highest BCUT2D eigenvalue weighted by Crippen LogP contribution is 2.22. The molecule has 20 heavy (non-hydrogen) atoms. The van der Waals surface area contributed by atoms with Gasteiger partial charge in [-0.3, -0.25) is 10.1 Å². The number of rotatable bonds is 4. The van der Waals surface area contributed by atoms with Crippen molar-refractivity contribution in [3.63, 3.8) is 0 Å². The number of hydrogen-bond donors (Lipinski definition) is 1. The summed E-state index contributed by atoms with van der Waals surface area (Å²) in [5.41, 5.74) is 5.75. The number of non-ortho nitro benzene ring substituents is 1. The standard InChI is InChI=1S/C12H10N2O5S/c13-9-1-7-12(8-2-9)20(17,18)19-11-5-3-10(4-6-11)14(15)16/h1-8H,13H2. The van der Waals surface area contributed by atoms with Crippen LogP contribution in [0.1, 0.15) is 0 Å². The molecule has 0 aliphatic heterocycles. The molecule has 8 heteroatoms. The van der Waals surface area contributed by atoms with Gasteiger partial charge in [0.05, 0.1) is 4.92 Å². The Morgan fingerprint density at radius 2 is 1.55 bits per heavy atom. The van der Waals surface area contributed by atoms with Gasteiger partial charge in [0, 0.05) is 17.8 Å². The number of nitrogens with two attached hydrogens (primary N) is 1. The Balaban J connectivity index is 2.24. The lowest BCUT2D eigenvalue weighted by molar-refractivity contribution is -0.384. The summed E-state index contributed by atoms with van der Waals surface area (Å²) in [7, 11) is -3.99. The summed E-state index contributed by atoms with van der Waals surface area (Å²) in [5, 5.41) is 10.5. The van der Waals surface area contributed by atoms with E-state index in [9.17, 15) is 18.5 Å². The minimum atomic E-state index is -3.99. The fourth-order valence-corrected chi connectivity index (χ4v) is 2.36. The van der Waals surface area contributed by atoms with E-state index in [2.05, 4.69) is 0 Å². The van der Waals surface area contributed by atoms with Gasteiger partial charge in [-0.05, 0) is 36.4 Å². The van der Waals surface area contributed by atoms with Gasteiger partial charge in [0.15, 0.2) is 0 Å². The van der Waals surface area contributed by atoms with E-state index in [0.717, 1.165) is 12.1 Å². The van der Waals surface area contributed by atoms with E-state index in [1.165, 1.54) is 36.4 Å². The Bertz CT molecular complexity index is 723. The number of anilines is 1. The van der Waals surface area contributed by atoms with E-state index in [-0.39, 0.29) is 16.3 Å². The van der Waals surface area contributed by atoms with Gasteiger partial charge in [0.1, 0.15) is 10.6 Å². The van der Waals surface area contributed by atoms with E-state index < -0.39 is 15.0 Å². The van der Waals surface area contributed by atoms with Crippen LogP contribution in [0.3, 0.4) is 0 Å². The van der Waals surface area contributed by atoms with Crippen molar-refractivity contribution in [1.29, 1.82) is 0 Å². The van der Waals surface area contributed by atoms with E-state index in [0.29, 0.717) is 5.69 Å². The first-order valence-electron chi connectivity index (χ1n) is 5.43. The SMILES string of the molecule is Nc1ccc(S(=O)(=O)Oc2ccc([N+](=O)[O-])cc2)cc1. The van der Waals surface area contributed by atoms with E-state index >= 15 is 0 Å². The van der Waals surface area contributed by atoms with Gasteiger partial charge in [-0.1, -0.05) is 0 Å². The summed E-state index contributed by atoms with van der Waals surface area (Å²) < 4.78 is 28.7. The Morgan fingerprint density at radius 3 is 2.05 bits per heavy atom. The third kappa shape index (κ3) is 3.04. The summed E-state index contributed by atoms with van der Waals surface area (Å²) in [5.74, 6) is -0.00701. The van der Waals surface area contributed by atoms with E-state index in [4.69, 9.17) is 9.92 Å².